The molecule has 1 atom stereocenters. The number of carbonyl (C=O) groups excluding carboxylic acids is 1. The molecule has 0 bridgehead atoms. The topological polar surface area (TPSA) is 74.9 Å². The Kier molecular flexibility index (Phi) is 6.27. The molecule has 1 aromatic heterocycles. The monoisotopic (exact) mass is 310 g/mol. The summed E-state index contributed by atoms with van der Waals surface area (Å²) in [6, 6.07) is 3.44. The molecule has 1 saturated carbocycles. The molecular weight excluding hydrogens is 284 g/mol. The van der Waals surface area contributed by atoms with E-state index in [1.165, 1.54) is 0 Å². The molecule has 1 aromatic rings. The second-order valence-electron chi connectivity index (χ2n) is 5.94. The molecule has 1 unspecified atom stereocenters. The number of amides is 2. The number of nitrogens with zero attached hydrogens (tertiary/aromatic N) is 1. The Balaban J connectivity index is 1.89. The Morgan fingerprint density at radius 2 is 2.23 bits per heavy atom. The zero-order chi connectivity index (χ0) is 15.9. The lowest BCUT2D eigenvalue weighted by atomic mass is 9.86. The van der Waals surface area contributed by atoms with Gasteiger partial charge in [0.2, 0.25) is 0 Å². The van der Waals surface area contributed by atoms with Crippen LogP contribution in [0.15, 0.2) is 22.8 Å². The van der Waals surface area contributed by atoms with Gasteiger partial charge in [-0.1, -0.05) is 0 Å². The highest BCUT2D eigenvalue weighted by Gasteiger charge is 2.27. The molecular formula is C16H26N2O4. The molecule has 1 aliphatic rings. The summed E-state index contributed by atoms with van der Waals surface area (Å²) in [4.78, 5) is 14.2. The van der Waals surface area contributed by atoms with Crippen molar-refractivity contribution in [2.75, 3.05) is 27.4 Å². The lowest BCUT2D eigenvalue weighted by Crippen LogP contribution is -2.46. The number of ether oxygens (including phenoxy) is 1. The maximum atomic E-state index is 12.4. The van der Waals surface area contributed by atoms with Gasteiger partial charge < -0.3 is 24.5 Å². The van der Waals surface area contributed by atoms with Gasteiger partial charge in [-0.2, -0.15) is 0 Å². The first-order valence-electron chi connectivity index (χ1n) is 7.82. The second-order valence-corrected chi connectivity index (χ2v) is 5.94. The van der Waals surface area contributed by atoms with Gasteiger partial charge >= 0.3 is 6.03 Å². The molecule has 2 amide bonds. The van der Waals surface area contributed by atoms with Crippen LogP contribution in [-0.4, -0.2) is 49.5 Å². The standard InChI is InChI=1S/C16H26N2O4/c1-18(13-7-5-12(10-19)6-8-13)16(20)17-14(11-21-2)15-4-3-9-22-15/h3-4,9,12-14,19H,5-8,10-11H2,1-2H3,(H,17,20). The number of methoxy groups -OCH3 is 1. The van der Waals surface area contributed by atoms with Crippen LogP contribution < -0.4 is 5.32 Å². The zero-order valence-corrected chi connectivity index (χ0v) is 13.3. The minimum Gasteiger partial charge on any atom is -0.467 e. The number of carbonyl (C=O) groups is 1. The van der Waals surface area contributed by atoms with E-state index in [-0.39, 0.29) is 24.7 Å². The number of furan rings is 1. The van der Waals surface area contributed by atoms with E-state index in [4.69, 9.17) is 9.15 Å². The van der Waals surface area contributed by atoms with Gasteiger partial charge in [-0.05, 0) is 43.7 Å². The Labute approximate surface area is 131 Å². The van der Waals surface area contributed by atoms with E-state index in [9.17, 15) is 9.90 Å². The molecule has 1 fully saturated rings. The van der Waals surface area contributed by atoms with Crippen LogP contribution in [0.25, 0.3) is 0 Å². The Morgan fingerprint density at radius 3 is 2.77 bits per heavy atom. The van der Waals surface area contributed by atoms with E-state index >= 15 is 0 Å². The van der Waals surface area contributed by atoms with E-state index in [0.717, 1.165) is 25.7 Å². The van der Waals surface area contributed by atoms with E-state index in [0.29, 0.717) is 18.3 Å². The SMILES string of the molecule is COCC(NC(=O)N(C)C1CCC(CO)CC1)c1ccco1. The van der Waals surface area contributed by atoms with Crippen molar-refractivity contribution in [3.8, 4) is 0 Å². The Hall–Kier alpha value is -1.53. The Bertz CT molecular complexity index is 441. The quantitative estimate of drug-likeness (QED) is 0.844. The van der Waals surface area contributed by atoms with E-state index < -0.39 is 0 Å². The van der Waals surface area contributed by atoms with E-state index in [1.807, 2.05) is 13.1 Å². The zero-order valence-electron chi connectivity index (χ0n) is 13.3. The Morgan fingerprint density at radius 1 is 1.50 bits per heavy atom. The fourth-order valence-electron chi connectivity index (χ4n) is 2.98. The fourth-order valence-corrected chi connectivity index (χ4v) is 2.98. The normalized spacial score (nSPS) is 23.0. The fraction of sp³-hybridized carbons (Fsp3) is 0.688. The number of hydrogen-bond acceptors (Lipinski definition) is 4. The van der Waals surface area contributed by atoms with Gasteiger partial charge in [0.05, 0.1) is 12.9 Å². The first kappa shape index (κ1) is 16.8. The number of rotatable bonds is 6. The molecule has 0 spiro atoms. The van der Waals surface area contributed by atoms with Crippen molar-refractivity contribution >= 4 is 6.03 Å². The van der Waals surface area contributed by atoms with Crippen LogP contribution in [0.2, 0.25) is 0 Å². The first-order valence-corrected chi connectivity index (χ1v) is 7.82. The third-order valence-electron chi connectivity index (χ3n) is 4.46. The first-order chi connectivity index (χ1) is 10.7. The van der Waals surface area contributed by atoms with Crippen LogP contribution in [0.3, 0.4) is 0 Å². The average molecular weight is 310 g/mol. The summed E-state index contributed by atoms with van der Waals surface area (Å²) in [5.74, 6) is 1.07. The maximum absolute atomic E-state index is 12.4. The highest BCUT2D eigenvalue weighted by atomic mass is 16.5. The molecule has 0 aromatic carbocycles. The summed E-state index contributed by atoms with van der Waals surface area (Å²) in [6.07, 6.45) is 5.40. The number of aliphatic hydroxyl groups excluding tert-OH is 1. The smallest absolute Gasteiger partial charge is 0.318 e. The van der Waals surface area contributed by atoms with Crippen LogP contribution in [0.5, 0.6) is 0 Å². The lowest BCUT2D eigenvalue weighted by molar-refractivity contribution is 0.123. The lowest BCUT2D eigenvalue weighted by Gasteiger charge is -2.34. The third kappa shape index (κ3) is 4.24. The van der Waals surface area contributed by atoms with Crippen molar-refractivity contribution in [1.29, 1.82) is 0 Å². The molecule has 6 heteroatoms. The molecule has 124 valence electrons. The van der Waals surface area contributed by atoms with Crippen molar-refractivity contribution in [2.24, 2.45) is 5.92 Å². The number of urea groups is 1. The largest absolute Gasteiger partial charge is 0.467 e. The summed E-state index contributed by atoms with van der Waals surface area (Å²) in [7, 11) is 3.42. The van der Waals surface area contributed by atoms with Gasteiger partial charge in [-0.25, -0.2) is 4.79 Å². The predicted octanol–water partition coefficient (Wildman–Crippen LogP) is 2.16. The summed E-state index contributed by atoms with van der Waals surface area (Å²) in [5.41, 5.74) is 0. The van der Waals surface area contributed by atoms with Gasteiger partial charge in [0, 0.05) is 26.8 Å². The molecule has 22 heavy (non-hydrogen) atoms. The molecule has 1 aliphatic carbocycles. The van der Waals surface area contributed by atoms with Crippen LogP contribution >= 0.6 is 0 Å². The molecule has 0 radical (unpaired) electrons. The average Bonchev–Trinajstić information content (AvgIpc) is 3.08. The van der Waals surface area contributed by atoms with Crippen LogP contribution in [0.1, 0.15) is 37.5 Å². The highest BCUT2D eigenvalue weighted by Crippen LogP contribution is 2.27. The number of hydrogen-bond donors (Lipinski definition) is 2. The van der Waals surface area contributed by atoms with Gasteiger partial charge in [0.25, 0.3) is 0 Å². The van der Waals surface area contributed by atoms with Gasteiger partial charge in [0.15, 0.2) is 0 Å². The molecule has 6 nitrogen and oxygen atoms in total. The van der Waals surface area contributed by atoms with Crippen molar-refractivity contribution in [2.45, 2.75) is 37.8 Å². The minimum absolute atomic E-state index is 0.120. The third-order valence-corrected chi connectivity index (χ3v) is 4.46. The number of aliphatic hydroxyl groups is 1. The van der Waals surface area contributed by atoms with Gasteiger partial charge in [-0.15, -0.1) is 0 Å². The van der Waals surface area contributed by atoms with Crippen molar-refractivity contribution in [1.82, 2.24) is 10.2 Å². The number of nitrogens with one attached hydrogen (secondary N) is 1. The van der Waals surface area contributed by atoms with Crippen LogP contribution in [0.4, 0.5) is 4.79 Å². The highest BCUT2D eigenvalue weighted by molar-refractivity contribution is 5.74. The predicted molar refractivity (Wildman–Crippen MR) is 82.5 cm³/mol. The second kappa shape index (κ2) is 8.19. The van der Waals surface area contributed by atoms with E-state index in [2.05, 4.69) is 5.32 Å². The molecule has 1 heterocycles. The minimum atomic E-state index is -0.288. The van der Waals surface area contributed by atoms with Gasteiger partial charge in [-0.3, -0.25) is 0 Å². The summed E-state index contributed by atoms with van der Waals surface area (Å²) >= 11 is 0. The van der Waals surface area contributed by atoms with Crippen LogP contribution in [0, 0.1) is 5.92 Å². The summed E-state index contributed by atoms with van der Waals surface area (Å²) in [5, 5.41) is 12.2. The molecule has 0 aliphatic heterocycles. The maximum Gasteiger partial charge on any atom is 0.318 e. The molecule has 2 rings (SSSR count). The molecule has 2 N–H and O–H groups in total. The van der Waals surface area contributed by atoms with Crippen molar-refractivity contribution in [3.05, 3.63) is 24.2 Å². The van der Waals surface area contributed by atoms with Crippen molar-refractivity contribution in [3.63, 3.8) is 0 Å². The molecule has 0 saturated heterocycles. The van der Waals surface area contributed by atoms with Crippen LogP contribution in [-0.2, 0) is 4.74 Å². The summed E-state index contributed by atoms with van der Waals surface area (Å²) in [6.45, 7) is 0.612. The van der Waals surface area contributed by atoms with E-state index in [1.54, 1.807) is 24.3 Å². The summed E-state index contributed by atoms with van der Waals surface area (Å²) < 4.78 is 10.5. The van der Waals surface area contributed by atoms with Crippen molar-refractivity contribution < 1.29 is 19.1 Å². The van der Waals surface area contributed by atoms with Gasteiger partial charge in [0.1, 0.15) is 11.8 Å².